The standard InChI is InChI=1S/C5H10N2S/c1-2-5-7-6-3-4-8-5/h3,5,7H,2,4H2,1H3. The molecule has 1 atom stereocenters. The maximum Gasteiger partial charge on any atom is 0.0892 e. The van der Waals surface area contributed by atoms with Crippen LogP contribution in [0.2, 0.25) is 0 Å². The fraction of sp³-hybridized carbons (Fsp3) is 0.800. The summed E-state index contributed by atoms with van der Waals surface area (Å²) in [6.45, 7) is 2.16. The van der Waals surface area contributed by atoms with Crippen LogP contribution in [-0.4, -0.2) is 17.3 Å². The third kappa shape index (κ3) is 1.40. The quantitative estimate of drug-likeness (QED) is 0.573. The zero-order valence-electron chi connectivity index (χ0n) is 4.92. The first-order chi connectivity index (χ1) is 3.93. The molecule has 0 saturated carbocycles. The second-order valence-corrected chi connectivity index (χ2v) is 2.91. The largest absolute Gasteiger partial charge is 0.297 e. The molecule has 0 saturated heterocycles. The lowest BCUT2D eigenvalue weighted by atomic mass is 10.5. The van der Waals surface area contributed by atoms with Crippen LogP contribution >= 0.6 is 11.8 Å². The van der Waals surface area contributed by atoms with Gasteiger partial charge in [0.15, 0.2) is 0 Å². The molecule has 1 aliphatic rings. The van der Waals surface area contributed by atoms with E-state index in [1.165, 1.54) is 0 Å². The van der Waals surface area contributed by atoms with Crippen molar-refractivity contribution in [3.05, 3.63) is 0 Å². The Bertz CT molecular complexity index is 92.4. The van der Waals surface area contributed by atoms with Crippen LogP contribution in [0.3, 0.4) is 0 Å². The van der Waals surface area contributed by atoms with Gasteiger partial charge in [-0.1, -0.05) is 6.92 Å². The van der Waals surface area contributed by atoms with Crippen LogP contribution in [0.1, 0.15) is 13.3 Å². The van der Waals surface area contributed by atoms with Gasteiger partial charge < -0.3 is 0 Å². The fourth-order valence-corrected chi connectivity index (χ4v) is 1.34. The zero-order chi connectivity index (χ0) is 5.82. The molecule has 1 aliphatic heterocycles. The highest BCUT2D eigenvalue weighted by molar-refractivity contribution is 8.00. The molecule has 0 aliphatic carbocycles. The van der Waals surface area contributed by atoms with Gasteiger partial charge in [0.05, 0.1) is 5.37 Å². The summed E-state index contributed by atoms with van der Waals surface area (Å²) < 4.78 is 0. The minimum atomic E-state index is 0.556. The van der Waals surface area contributed by atoms with Crippen LogP contribution in [0, 0.1) is 0 Å². The molecule has 1 unspecified atom stereocenters. The van der Waals surface area contributed by atoms with Gasteiger partial charge in [-0.2, -0.15) is 5.10 Å². The molecule has 0 amide bonds. The van der Waals surface area contributed by atoms with Crippen molar-refractivity contribution in [3.8, 4) is 0 Å². The van der Waals surface area contributed by atoms with Gasteiger partial charge in [-0.25, -0.2) is 0 Å². The lowest BCUT2D eigenvalue weighted by Crippen LogP contribution is -2.23. The Kier molecular flexibility index (Phi) is 2.21. The number of hydrogen-bond acceptors (Lipinski definition) is 3. The fourth-order valence-electron chi connectivity index (χ4n) is 0.579. The highest BCUT2D eigenvalue weighted by Crippen LogP contribution is 2.12. The van der Waals surface area contributed by atoms with Crippen molar-refractivity contribution >= 4 is 18.0 Å². The average Bonchev–Trinajstić information content (AvgIpc) is 1.90. The number of hydrazone groups is 1. The molecule has 0 aromatic rings. The van der Waals surface area contributed by atoms with Crippen LogP contribution in [-0.2, 0) is 0 Å². The molecule has 0 bridgehead atoms. The molecule has 46 valence electrons. The second-order valence-electron chi connectivity index (χ2n) is 1.67. The normalized spacial score (nSPS) is 27.4. The monoisotopic (exact) mass is 130 g/mol. The topological polar surface area (TPSA) is 24.4 Å². The first-order valence-electron chi connectivity index (χ1n) is 2.82. The van der Waals surface area contributed by atoms with Crippen molar-refractivity contribution in [2.24, 2.45) is 5.10 Å². The Balaban J connectivity index is 2.27. The molecule has 1 heterocycles. The molecule has 8 heavy (non-hydrogen) atoms. The van der Waals surface area contributed by atoms with Crippen molar-refractivity contribution in [1.29, 1.82) is 0 Å². The Labute approximate surface area is 53.7 Å². The van der Waals surface area contributed by atoms with E-state index in [1.54, 1.807) is 0 Å². The average molecular weight is 130 g/mol. The number of rotatable bonds is 1. The minimum absolute atomic E-state index is 0.556. The Hall–Kier alpha value is -0.180. The Morgan fingerprint density at radius 2 is 2.88 bits per heavy atom. The highest BCUT2D eigenvalue weighted by atomic mass is 32.2. The van der Waals surface area contributed by atoms with Crippen LogP contribution in [0.4, 0.5) is 0 Å². The summed E-state index contributed by atoms with van der Waals surface area (Å²) in [6, 6.07) is 0. The van der Waals surface area contributed by atoms with Crippen LogP contribution in [0.5, 0.6) is 0 Å². The zero-order valence-corrected chi connectivity index (χ0v) is 5.74. The summed E-state index contributed by atoms with van der Waals surface area (Å²) in [5.41, 5.74) is 3.00. The molecule has 0 fully saturated rings. The second kappa shape index (κ2) is 2.97. The van der Waals surface area contributed by atoms with Gasteiger partial charge in [0.2, 0.25) is 0 Å². The maximum absolute atomic E-state index is 3.93. The van der Waals surface area contributed by atoms with E-state index in [4.69, 9.17) is 0 Å². The maximum atomic E-state index is 3.93. The van der Waals surface area contributed by atoms with Crippen molar-refractivity contribution in [2.75, 3.05) is 5.75 Å². The van der Waals surface area contributed by atoms with Gasteiger partial charge >= 0.3 is 0 Å². The van der Waals surface area contributed by atoms with E-state index in [9.17, 15) is 0 Å². The summed E-state index contributed by atoms with van der Waals surface area (Å²) in [5, 5.41) is 4.49. The summed E-state index contributed by atoms with van der Waals surface area (Å²) in [7, 11) is 0. The van der Waals surface area contributed by atoms with Gasteiger partial charge in [-0.05, 0) is 6.42 Å². The Morgan fingerprint density at radius 1 is 2.00 bits per heavy atom. The highest BCUT2D eigenvalue weighted by Gasteiger charge is 2.05. The van der Waals surface area contributed by atoms with E-state index in [1.807, 2.05) is 18.0 Å². The van der Waals surface area contributed by atoms with Gasteiger partial charge in [-0.15, -0.1) is 11.8 Å². The SMILES string of the molecule is CCC1NN=CCS1. The minimum Gasteiger partial charge on any atom is -0.297 e. The third-order valence-electron chi connectivity index (χ3n) is 1.05. The lowest BCUT2D eigenvalue weighted by Gasteiger charge is -2.15. The van der Waals surface area contributed by atoms with Crippen molar-refractivity contribution in [2.45, 2.75) is 18.7 Å². The van der Waals surface area contributed by atoms with Gasteiger partial charge in [0, 0.05) is 12.0 Å². The number of hydrogen-bond donors (Lipinski definition) is 1. The summed E-state index contributed by atoms with van der Waals surface area (Å²) in [4.78, 5) is 0. The molecule has 0 spiro atoms. The summed E-state index contributed by atoms with van der Waals surface area (Å²) in [6.07, 6.45) is 3.05. The summed E-state index contributed by atoms with van der Waals surface area (Å²) >= 11 is 1.90. The molecule has 3 heteroatoms. The molecule has 1 rings (SSSR count). The molecular weight excluding hydrogens is 120 g/mol. The Morgan fingerprint density at radius 3 is 3.25 bits per heavy atom. The first-order valence-corrected chi connectivity index (χ1v) is 3.87. The molecular formula is C5H10N2S. The molecule has 2 nitrogen and oxygen atoms in total. The molecule has 0 radical (unpaired) electrons. The van der Waals surface area contributed by atoms with E-state index in [2.05, 4.69) is 17.5 Å². The number of nitrogens with zero attached hydrogens (tertiary/aromatic N) is 1. The van der Waals surface area contributed by atoms with E-state index in [0.717, 1.165) is 12.2 Å². The van der Waals surface area contributed by atoms with Gasteiger partial charge in [-0.3, -0.25) is 5.43 Å². The van der Waals surface area contributed by atoms with Crippen LogP contribution < -0.4 is 5.43 Å². The smallest absolute Gasteiger partial charge is 0.0892 e. The predicted molar refractivity (Wildman–Crippen MR) is 38.2 cm³/mol. The number of nitrogens with one attached hydrogen (secondary N) is 1. The van der Waals surface area contributed by atoms with Crippen LogP contribution in [0.25, 0.3) is 0 Å². The molecule has 1 N–H and O–H groups in total. The third-order valence-corrected chi connectivity index (χ3v) is 2.24. The molecule has 0 aromatic carbocycles. The first kappa shape index (κ1) is 5.95. The lowest BCUT2D eigenvalue weighted by molar-refractivity contribution is 0.666. The number of thioether (sulfide) groups is 1. The van der Waals surface area contributed by atoms with Crippen molar-refractivity contribution in [3.63, 3.8) is 0 Å². The van der Waals surface area contributed by atoms with E-state index >= 15 is 0 Å². The van der Waals surface area contributed by atoms with Crippen LogP contribution in [0.15, 0.2) is 5.10 Å². The van der Waals surface area contributed by atoms with E-state index in [-0.39, 0.29) is 0 Å². The van der Waals surface area contributed by atoms with Crippen molar-refractivity contribution < 1.29 is 0 Å². The van der Waals surface area contributed by atoms with Gasteiger partial charge in [0.25, 0.3) is 0 Å². The van der Waals surface area contributed by atoms with E-state index in [0.29, 0.717) is 5.37 Å². The molecule has 0 aromatic heterocycles. The van der Waals surface area contributed by atoms with Crippen molar-refractivity contribution in [1.82, 2.24) is 5.43 Å². The predicted octanol–water partition coefficient (Wildman–Crippen LogP) is 1.04. The summed E-state index contributed by atoms with van der Waals surface area (Å²) in [5.74, 6) is 1.06. The van der Waals surface area contributed by atoms with Gasteiger partial charge in [0.1, 0.15) is 0 Å². The van der Waals surface area contributed by atoms with E-state index < -0.39 is 0 Å².